The van der Waals surface area contributed by atoms with Gasteiger partial charge in [0.1, 0.15) is 0 Å². The largest absolute Gasteiger partial charge is 0.396 e. The van der Waals surface area contributed by atoms with E-state index in [9.17, 15) is 0 Å². The average Bonchev–Trinajstić information content (AvgIpc) is 2.07. The molecule has 1 fully saturated rings. The van der Waals surface area contributed by atoms with Crippen LogP contribution in [0, 0.1) is 11.8 Å². The van der Waals surface area contributed by atoms with E-state index in [1.165, 1.54) is 0 Å². The minimum absolute atomic E-state index is 0.312. The third-order valence-electron chi connectivity index (χ3n) is 2.53. The molecule has 0 saturated heterocycles. The number of hydrogen-bond acceptors (Lipinski definition) is 3. The van der Waals surface area contributed by atoms with Crippen molar-refractivity contribution in [1.29, 1.82) is 0 Å². The predicted octanol–water partition coefficient (Wildman–Crippen LogP) is 1.27. The third-order valence-corrected chi connectivity index (χ3v) is 2.53. The molecule has 0 bridgehead atoms. The van der Waals surface area contributed by atoms with Crippen molar-refractivity contribution in [2.24, 2.45) is 11.8 Å². The number of rotatable bonds is 3. The topological polar surface area (TPSA) is 49.7 Å². The van der Waals surface area contributed by atoms with Gasteiger partial charge in [0.25, 0.3) is 0 Å². The van der Waals surface area contributed by atoms with Crippen LogP contribution in [0.5, 0.6) is 0 Å². The summed E-state index contributed by atoms with van der Waals surface area (Å²) in [4.78, 5) is 4.09. The summed E-state index contributed by atoms with van der Waals surface area (Å²) < 4.78 is 0. The summed E-state index contributed by atoms with van der Waals surface area (Å²) in [6.45, 7) is 0.769. The molecule has 0 heterocycles. The van der Waals surface area contributed by atoms with Crippen LogP contribution >= 0.6 is 0 Å². The second kappa shape index (κ2) is 4.70. The standard InChI is InChI=1S/C8H16O3/c9-5-7-1-3-8(4-2-7)6-11-10/h7-10H,1-6H2. The Morgan fingerprint density at radius 2 is 1.64 bits per heavy atom. The Hall–Kier alpha value is -0.120. The highest BCUT2D eigenvalue weighted by atomic mass is 17.1. The lowest BCUT2D eigenvalue weighted by Gasteiger charge is -2.25. The van der Waals surface area contributed by atoms with Gasteiger partial charge in [-0.25, -0.2) is 4.89 Å². The Bertz CT molecular complexity index is 97.5. The van der Waals surface area contributed by atoms with Crippen molar-refractivity contribution >= 4 is 0 Å². The Morgan fingerprint density at radius 3 is 2.09 bits per heavy atom. The number of aliphatic hydroxyl groups is 1. The van der Waals surface area contributed by atoms with Crippen molar-refractivity contribution in [2.45, 2.75) is 25.7 Å². The molecule has 1 saturated carbocycles. The van der Waals surface area contributed by atoms with Crippen LogP contribution in [0.2, 0.25) is 0 Å². The molecule has 3 nitrogen and oxygen atoms in total. The van der Waals surface area contributed by atoms with E-state index < -0.39 is 0 Å². The van der Waals surface area contributed by atoms with Gasteiger partial charge in [-0.3, -0.25) is 5.26 Å². The molecule has 0 atom stereocenters. The van der Waals surface area contributed by atoms with E-state index in [1.54, 1.807) is 0 Å². The normalized spacial score (nSPS) is 32.2. The molecular formula is C8H16O3. The van der Waals surface area contributed by atoms with E-state index in [-0.39, 0.29) is 0 Å². The average molecular weight is 160 g/mol. The molecule has 1 aliphatic carbocycles. The zero-order chi connectivity index (χ0) is 8.10. The SMILES string of the molecule is OCC1CCC(COO)CC1. The van der Waals surface area contributed by atoms with Gasteiger partial charge in [-0.15, -0.1) is 0 Å². The molecule has 0 aromatic carbocycles. The summed E-state index contributed by atoms with van der Waals surface area (Å²) in [6, 6.07) is 0. The molecule has 3 heteroatoms. The van der Waals surface area contributed by atoms with Gasteiger partial charge in [-0.05, 0) is 37.5 Å². The minimum Gasteiger partial charge on any atom is -0.396 e. The van der Waals surface area contributed by atoms with E-state index >= 15 is 0 Å². The van der Waals surface area contributed by atoms with Crippen molar-refractivity contribution in [3.05, 3.63) is 0 Å². The van der Waals surface area contributed by atoms with Crippen molar-refractivity contribution in [1.82, 2.24) is 0 Å². The quantitative estimate of drug-likeness (QED) is 0.483. The Morgan fingerprint density at radius 1 is 1.09 bits per heavy atom. The molecule has 0 aromatic heterocycles. The fourth-order valence-corrected chi connectivity index (χ4v) is 1.69. The second-order valence-electron chi connectivity index (χ2n) is 3.37. The van der Waals surface area contributed by atoms with Gasteiger partial charge in [0.05, 0.1) is 6.61 Å². The maximum atomic E-state index is 8.83. The lowest BCUT2D eigenvalue weighted by molar-refractivity contribution is -0.252. The monoisotopic (exact) mass is 160 g/mol. The van der Waals surface area contributed by atoms with E-state index in [0.29, 0.717) is 25.0 Å². The third kappa shape index (κ3) is 2.77. The predicted molar refractivity (Wildman–Crippen MR) is 41.1 cm³/mol. The van der Waals surface area contributed by atoms with Crippen molar-refractivity contribution in [3.63, 3.8) is 0 Å². The highest BCUT2D eigenvalue weighted by molar-refractivity contribution is 4.71. The number of hydrogen-bond donors (Lipinski definition) is 2. The first-order chi connectivity index (χ1) is 5.36. The molecular weight excluding hydrogens is 144 g/mol. The lowest BCUT2D eigenvalue weighted by atomic mass is 9.83. The zero-order valence-corrected chi connectivity index (χ0v) is 6.70. The van der Waals surface area contributed by atoms with Crippen LogP contribution in [-0.4, -0.2) is 23.6 Å². The van der Waals surface area contributed by atoms with Crippen LogP contribution in [0.4, 0.5) is 0 Å². The van der Waals surface area contributed by atoms with Crippen LogP contribution in [-0.2, 0) is 4.89 Å². The van der Waals surface area contributed by atoms with Crippen LogP contribution in [0.1, 0.15) is 25.7 Å². The lowest BCUT2D eigenvalue weighted by Crippen LogP contribution is -2.20. The molecule has 0 amide bonds. The molecule has 0 unspecified atom stereocenters. The molecule has 0 aromatic rings. The maximum absolute atomic E-state index is 8.83. The second-order valence-corrected chi connectivity index (χ2v) is 3.37. The van der Waals surface area contributed by atoms with E-state index in [1.807, 2.05) is 0 Å². The molecule has 0 aliphatic heterocycles. The van der Waals surface area contributed by atoms with E-state index in [2.05, 4.69) is 4.89 Å². The fraction of sp³-hybridized carbons (Fsp3) is 1.00. The van der Waals surface area contributed by atoms with Gasteiger partial charge in [0, 0.05) is 6.61 Å². The van der Waals surface area contributed by atoms with Gasteiger partial charge in [-0.2, -0.15) is 0 Å². The highest BCUT2D eigenvalue weighted by Crippen LogP contribution is 2.28. The summed E-state index contributed by atoms with van der Waals surface area (Å²) in [5.41, 5.74) is 0. The van der Waals surface area contributed by atoms with Gasteiger partial charge in [-0.1, -0.05) is 0 Å². The van der Waals surface area contributed by atoms with Crippen molar-refractivity contribution in [3.8, 4) is 0 Å². The fourth-order valence-electron chi connectivity index (χ4n) is 1.69. The molecule has 1 aliphatic rings. The van der Waals surface area contributed by atoms with Crippen LogP contribution in [0.3, 0.4) is 0 Å². The van der Waals surface area contributed by atoms with Gasteiger partial charge < -0.3 is 5.11 Å². The smallest absolute Gasteiger partial charge is 0.0847 e. The van der Waals surface area contributed by atoms with Gasteiger partial charge in [0.15, 0.2) is 0 Å². The first kappa shape index (κ1) is 8.97. The van der Waals surface area contributed by atoms with Crippen LogP contribution in [0.15, 0.2) is 0 Å². The van der Waals surface area contributed by atoms with Crippen molar-refractivity contribution < 1.29 is 15.3 Å². The first-order valence-corrected chi connectivity index (χ1v) is 4.24. The minimum atomic E-state index is 0.312. The molecule has 11 heavy (non-hydrogen) atoms. The van der Waals surface area contributed by atoms with Gasteiger partial charge >= 0.3 is 0 Å². The van der Waals surface area contributed by atoms with Crippen LogP contribution < -0.4 is 0 Å². The van der Waals surface area contributed by atoms with Gasteiger partial charge in [0.2, 0.25) is 0 Å². The molecule has 66 valence electrons. The molecule has 2 N–H and O–H groups in total. The molecule has 0 radical (unpaired) electrons. The van der Waals surface area contributed by atoms with E-state index in [4.69, 9.17) is 10.4 Å². The first-order valence-electron chi connectivity index (χ1n) is 4.24. The number of aliphatic hydroxyl groups excluding tert-OH is 1. The van der Waals surface area contributed by atoms with Crippen molar-refractivity contribution in [2.75, 3.05) is 13.2 Å². The zero-order valence-electron chi connectivity index (χ0n) is 6.70. The Labute approximate surface area is 66.9 Å². The molecule has 1 rings (SSSR count). The highest BCUT2D eigenvalue weighted by Gasteiger charge is 2.20. The van der Waals surface area contributed by atoms with E-state index in [0.717, 1.165) is 25.7 Å². The Kier molecular flexibility index (Phi) is 3.83. The summed E-state index contributed by atoms with van der Waals surface area (Å²) >= 11 is 0. The van der Waals surface area contributed by atoms with Crippen LogP contribution in [0.25, 0.3) is 0 Å². The summed E-state index contributed by atoms with van der Waals surface area (Å²) in [6.07, 6.45) is 4.30. The summed E-state index contributed by atoms with van der Waals surface area (Å²) in [5, 5.41) is 17.0. The molecule has 0 spiro atoms. The summed E-state index contributed by atoms with van der Waals surface area (Å²) in [5.74, 6) is 0.993. The maximum Gasteiger partial charge on any atom is 0.0847 e. The summed E-state index contributed by atoms with van der Waals surface area (Å²) in [7, 11) is 0. The Balaban J connectivity index is 2.14.